The van der Waals surface area contributed by atoms with Crippen LogP contribution in [0.25, 0.3) is 0 Å². The average molecular weight is 150 g/mol. The van der Waals surface area contributed by atoms with Crippen LogP contribution in [0.3, 0.4) is 0 Å². The van der Waals surface area contributed by atoms with Gasteiger partial charge < -0.3 is 10.8 Å². The summed E-state index contributed by atoms with van der Waals surface area (Å²) >= 11 is 0. The van der Waals surface area contributed by atoms with Crippen molar-refractivity contribution in [2.45, 2.75) is 6.92 Å². The van der Waals surface area contributed by atoms with Gasteiger partial charge in [-0.25, -0.2) is 0 Å². The number of carbonyl (C=O) groups is 1. The molecule has 0 aliphatic carbocycles. The van der Waals surface area contributed by atoms with Gasteiger partial charge in [0.2, 0.25) is 0 Å². The first-order chi connectivity index (χ1) is 4.09. The number of nitrogens with zero attached hydrogens (tertiary/aromatic N) is 1. The molecule has 0 aromatic heterocycles. The van der Waals surface area contributed by atoms with Gasteiger partial charge in [-0.05, 0) is 6.92 Å². The molecule has 0 fully saturated rings. The van der Waals surface area contributed by atoms with Gasteiger partial charge in [0, 0.05) is 0 Å². The topological polar surface area (TPSA) is 87.1 Å². The van der Waals surface area contributed by atoms with E-state index in [2.05, 4.69) is 5.73 Å². The van der Waals surface area contributed by atoms with E-state index in [1.54, 1.807) is 0 Å². The second-order valence-corrected chi connectivity index (χ2v) is 1.44. The number of aliphatic hydroxyl groups is 1. The zero-order valence-electron chi connectivity index (χ0n) is 4.88. The summed E-state index contributed by atoms with van der Waals surface area (Å²) in [6, 6.07) is 1.46. The Bertz CT molecular complexity index is 200. The van der Waals surface area contributed by atoms with Gasteiger partial charge in [-0.3, -0.25) is 4.79 Å². The van der Waals surface area contributed by atoms with Crippen molar-refractivity contribution in [2.75, 3.05) is 0 Å². The van der Waals surface area contributed by atoms with Crippen LogP contribution in [-0.4, -0.2) is 40.6 Å². The number of nitrogens with two attached hydrogens (primary N) is 1. The van der Waals surface area contributed by atoms with Crippen LogP contribution in [0.1, 0.15) is 6.92 Å². The van der Waals surface area contributed by atoms with E-state index < -0.39 is 11.5 Å². The molecule has 0 bridgehead atoms. The first-order valence-corrected chi connectivity index (χ1v) is 2.19. The predicted octanol–water partition coefficient (Wildman–Crippen LogP) is -0.821. The summed E-state index contributed by atoms with van der Waals surface area (Å²) in [7, 11) is 0. The van der Waals surface area contributed by atoms with Gasteiger partial charge in [-0.2, -0.15) is 5.26 Å². The van der Waals surface area contributed by atoms with Crippen LogP contribution < -0.4 is 5.73 Å². The fourth-order valence-electron chi connectivity index (χ4n) is 0.314. The van der Waals surface area contributed by atoms with Crippen molar-refractivity contribution in [3.8, 4) is 6.07 Å². The molecule has 4 nitrogen and oxygen atoms in total. The van der Waals surface area contributed by atoms with Crippen molar-refractivity contribution in [1.29, 1.82) is 5.26 Å². The monoisotopic (exact) mass is 150 g/mol. The average Bonchev–Trinajstić information content (AvgIpc) is 1.64. The Labute approximate surface area is 80.6 Å². The van der Waals surface area contributed by atoms with Crippen LogP contribution in [0.5, 0.6) is 0 Å². The molecule has 0 spiro atoms. The SMILES string of the molecule is C/C(O)=C(\C#N)C(N)=O.[NaH]. The number of nitriles is 1. The van der Waals surface area contributed by atoms with Crippen LogP contribution in [0.2, 0.25) is 0 Å². The molecule has 0 heterocycles. The van der Waals surface area contributed by atoms with Crippen molar-refractivity contribution in [3.63, 3.8) is 0 Å². The Balaban J connectivity index is 0. The third-order valence-corrected chi connectivity index (χ3v) is 0.720. The number of hydrogen-bond acceptors (Lipinski definition) is 3. The zero-order valence-corrected chi connectivity index (χ0v) is 4.88. The first kappa shape index (κ1) is 12.2. The van der Waals surface area contributed by atoms with E-state index in [0.717, 1.165) is 0 Å². The number of aliphatic hydroxyl groups excluding tert-OH is 1. The third kappa shape index (κ3) is 3.51. The van der Waals surface area contributed by atoms with E-state index in [4.69, 9.17) is 10.4 Å². The quantitative estimate of drug-likeness (QED) is 0.221. The molecule has 3 N–H and O–H groups in total. The minimum atomic E-state index is -0.905. The summed E-state index contributed by atoms with van der Waals surface area (Å²) in [5, 5.41) is 16.6. The number of rotatable bonds is 1. The molecule has 0 unspecified atom stereocenters. The van der Waals surface area contributed by atoms with E-state index in [-0.39, 0.29) is 35.3 Å². The van der Waals surface area contributed by atoms with E-state index in [0.29, 0.717) is 0 Å². The molecule has 0 atom stereocenters. The molecule has 0 aliphatic heterocycles. The zero-order chi connectivity index (χ0) is 7.44. The number of allylic oxidation sites excluding steroid dienone is 1. The Morgan fingerprint density at radius 2 is 2.10 bits per heavy atom. The molecular formula is C5H7N2NaO2. The van der Waals surface area contributed by atoms with E-state index in [9.17, 15) is 4.79 Å². The molecule has 0 radical (unpaired) electrons. The van der Waals surface area contributed by atoms with Crippen molar-refractivity contribution >= 4 is 35.5 Å². The van der Waals surface area contributed by atoms with E-state index in [1.165, 1.54) is 13.0 Å². The number of primary amides is 1. The molecule has 0 aromatic carbocycles. The standard InChI is InChI=1S/C5H6N2O2.Na.H/c1-3(8)4(2-6)5(7)9;;/h8H,1H3,(H2,7,9);;/b4-3-;;. The normalized spacial score (nSPS) is 10.4. The second kappa shape index (κ2) is 5.30. The van der Waals surface area contributed by atoms with Gasteiger partial charge in [0.25, 0.3) is 5.91 Å². The van der Waals surface area contributed by atoms with Gasteiger partial charge in [0.15, 0.2) is 5.57 Å². The van der Waals surface area contributed by atoms with E-state index in [1.807, 2.05) is 0 Å². The number of carbonyl (C=O) groups excluding carboxylic acids is 1. The Morgan fingerprint density at radius 3 is 2.10 bits per heavy atom. The van der Waals surface area contributed by atoms with Crippen LogP contribution in [0, 0.1) is 11.3 Å². The molecule has 0 saturated carbocycles. The molecule has 1 amide bonds. The van der Waals surface area contributed by atoms with Gasteiger partial charge in [-0.1, -0.05) is 0 Å². The van der Waals surface area contributed by atoms with Crippen molar-refractivity contribution in [1.82, 2.24) is 0 Å². The van der Waals surface area contributed by atoms with Gasteiger partial charge in [0.1, 0.15) is 11.8 Å². The fourth-order valence-corrected chi connectivity index (χ4v) is 0.314. The van der Waals surface area contributed by atoms with E-state index >= 15 is 0 Å². The van der Waals surface area contributed by atoms with Crippen molar-refractivity contribution in [3.05, 3.63) is 11.3 Å². The molecule has 0 aliphatic rings. The predicted molar refractivity (Wildman–Crippen MR) is 37.3 cm³/mol. The van der Waals surface area contributed by atoms with Gasteiger partial charge >= 0.3 is 29.6 Å². The van der Waals surface area contributed by atoms with Crippen LogP contribution >= 0.6 is 0 Å². The first-order valence-electron chi connectivity index (χ1n) is 2.19. The maximum absolute atomic E-state index is 10.2. The summed E-state index contributed by atoms with van der Waals surface area (Å²) in [4.78, 5) is 10.2. The van der Waals surface area contributed by atoms with Crippen LogP contribution in [0.15, 0.2) is 11.3 Å². The van der Waals surface area contributed by atoms with Crippen LogP contribution in [0.4, 0.5) is 0 Å². The minimum absolute atomic E-state index is 0. The van der Waals surface area contributed by atoms with Crippen molar-refractivity contribution < 1.29 is 9.90 Å². The second-order valence-electron chi connectivity index (χ2n) is 1.44. The molecule has 50 valence electrons. The summed E-state index contributed by atoms with van der Waals surface area (Å²) in [5.41, 5.74) is 4.28. The Hall–Kier alpha value is -0.500. The van der Waals surface area contributed by atoms with Crippen molar-refractivity contribution in [2.24, 2.45) is 5.73 Å². The maximum atomic E-state index is 10.2. The molecular weight excluding hydrogens is 143 g/mol. The summed E-state index contributed by atoms with van der Waals surface area (Å²) in [5.74, 6) is -1.25. The molecule has 0 saturated heterocycles. The van der Waals surface area contributed by atoms with Crippen LogP contribution in [-0.2, 0) is 4.79 Å². The summed E-state index contributed by atoms with van der Waals surface area (Å²) < 4.78 is 0. The molecule has 10 heavy (non-hydrogen) atoms. The Kier molecular flexibility index (Phi) is 6.46. The number of hydrogen-bond donors (Lipinski definition) is 2. The number of amides is 1. The van der Waals surface area contributed by atoms with Gasteiger partial charge in [0.05, 0.1) is 0 Å². The summed E-state index contributed by atoms with van der Waals surface area (Å²) in [6.45, 7) is 1.23. The molecule has 0 rings (SSSR count). The fraction of sp³-hybridized carbons (Fsp3) is 0.200. The third-order valence-electron chi connectivity index (χ3n) is 0.720. The Morgan fingerprint density at radius 1 is 1.70 bits per heavy atom. The molecule has 5 heteroatoms. The van der Waals surface area contributed by atoms with Gasteiger partial charge in [-0.15, -0.1) is 0 Å². The molecule has 0 aromatic rings. The summed E-state index contributed by atoms with van der Waals surface area (Å²) in [6.07, 6.45) is 0.